The largest absolute Gasteiger partial charge is 0.461 e. The summed E-state index contributed by atoms with van der Waals surface area (Å²) < 4.78 is 10.0. The fourth-order valence-electron chi connectivity index (χ4n) is 2.02. The summed E-state index contributed by atoms with van der Waals surface area (Å²) in [6, 6.07) is 1.93. The highest BCUT2D eigenvalue weighted by Gasteiger charge is 2.27. The lowest BCUT2D eigenvalue weighted by molar-refractivity contribution is 0.0514. The third-order valence-electron chi connectivity index (χ3n) is 2.86. The molecule has 88 valence electrons. The van der Waals surface area contributed by atoms with Crippen LogP contribution in [0.2, 0.25) is 0 Å². The predicted molar refractivity (Wildman–Crippen MR) is 57.1 cm³/mol. The number of aromatic nitrogens is 1. The molecule has 1 fully saturated rings. The summed E-state index contributed by atoms with van der Waals surface area (Å²) in [5, 5.41) is 3.74. The van der Waals surface area contributed by atoms with Crippen LogP contribution in [0.1, 0.15) is 42.1 Å². The second kappa shape index (κ2) is 4.65. The molecule has 0 aromatic carbocycles. The molecule has 0 radical (unpaired) electrons. The van der Waals surface area contributed by atoms with Gasteiger partial charge in [-0.05, 0) is 33.4 Å². The Balaban J connectivity index is 2.10. The average molecular weight is 224 g/mol. The molecule has 1 aromatic rings. The number of nitrogens with zero attached hydrogens (tertiary/aromatic N) is 2. The van der Waals surface area contributed by atoms with Crippen LogP contribution in [-0.2, 0) is 4.74 Å². The predicted octanol–water partition coefficient (Wildman–Crippen LogP) is 1.62. The number of carbonyl (C=O) groups excluding carboxylic acids is 1. The van der Waals surface area contributed by atoms with Gasteiger partial charge >= 0.3 is 5.97 Å². The van der Waals surface area contributed by atoms with Crippen molar-refractivity contribution < 1.29 is 14.1 Å². The maximum atomic E-state index is 11.4. The van der Waals surface area contributed by atoms with Gasteiger partial charge in [0.1, 0.15) is 0 Å². The normalized spacial score (nSPS) is 21.2. The van der Waals surface area contributed by atoms with Gasteiger partial charge in [0.15, 0.2) is 11.5 Å². The zero-order chi connectivity index (χ0) is 11.5. The van der Waals surface area contributed by atoms with Crippen molar-refractivity contribution in [3.8, 4) is 0 Å². The van der Waals surface area contributed by atoms with Crippen LogP contribution in [0.4, 0.5) is 0 Å². The van der Waals surface area contributed by atoms with Gasteiger partial charge < -0.3 is 9.26 Å². The quantitative estimate of drug-likeness (QED) is 0.730. The Hall–Kier alpha value is -1.36. The van der Waals surface area contributed by atoms with E-state index in [-0.39, 0.29) is 11.7 Å². The van der Waals surface area contributed by atoms with Crippen LogP contribution in [-0.4, -0.2) is 36.2 Å². The molecule has 5 heteroatoms. The van der Waals surface area contributed by atoms with E-state index in [9.17, 15) is 4.79 Å². The van der Waals surface area contributed by atoms with E-state index in [4.69, 9.17) is 9.26 Å². The van der Waals surface area contributed by atoms with Crippen LogP contribution in [0.3, 0.4) is 0 Å². The SMILES string of the molecule is CCOC(=O)c1cc([C@@H]2CCCN2C)on1. The topological polar surface area (TPSA) is 55.6 Å². The van der Waals surface area contributed by atoms with Crippen LogP contribution in [0.15, 0.2) is 10.6 Å². The molecule has 0 bridgehead atoms. The molecule has 0 N–H and O–H groups in total. The van der Waals surface area contributed by atoms with Gasteiger partial charge in [0, 0.05) is 6.07 Å². The first-order chi connectivity index (χ1) is 7.72. The minimum atomic E-state index is -0.418. The summed E-state index contributed by atoms with van der Waals surface area (Å²) in [4.78, 5) is 13.6. The van der Waals surface area contributed by atoms with Gasteiger partial charge in [-0.25, -0.2) is 4.79 Å². The van der Waals surface area contributed by atoms with Crippen LogP contribution in [0.25, 0.3) is 0 Å². The lowest BCUT2D eigenvalue weighted by Crippen LogP contribution is -2.16. The molecule has 1 aromatic heterocycles. The zero-order valence-electron chi connectivity index (χ0n) is 9.60. The Morgan fingerprint density at radius 2 is 2.56 bits per heavy atom. The van der Waals surface area contributed by atoms with Gasteiger partial charge in [-0.3, -0.25) is 4.90 Å². The molecule has 0 amide bonds. The smallest absolute Gasteiger partial charge is 0.360 e. The fourth-order valence-corrected chi connectivity index (χ4v) is 2.02. The average Bonchev–Trinajstić information content (AvgIpc) is 2.86. The monoisotopic (exact) mass is 224 g/mol. The number of hydrogen-bond acceptors (Lipinski definition) is 5. The maximum absolute atomic E-state index is 11.4. The molecule has 1 aliphatic rings. The van der Waals surface area contributed by atoms with Gasteiger partial charge in [0.25, 0.3) is 0 Å². The molecule has 5 nitrogen and oxygen atoms in total. The molecule has 2 rings (SSSR count). The number of rotatable bonds is 3. The third-order valence-corrected chi connectivity index (χ3v) is 2.86. The minimum Gasteiger partial charge on any atom is -0.461 e. The highest BCUT2D eigenvalue weighted by molar-refractivity contribution is 5.87. The summed E-state index contributed by atoms with van der Waals surface area (Å²) in [5.74, 6) is 0.334. The summed E-state index contributed by atoms with van der Waals surface area (Å²) >= 11 is 0. The summed E-state index contributed by atoms with van der Waals surface area (Å²) in [7, 11) is 2.05. The van der Waals surface area contributed by atoms with E-state index in [1.807, 2.05) is 7.05 Å². The molecule has 16 heavy (non-hydrogen) atoms. The Kier molecular flexibility index (Phi) is 3.24. The van der Waals surface area contributed by atoms with Crippen molar-refractivity contribution in [2.45, 2.75) is 25.8 Å². The van der Waals surface area contributed by atoms with Crippen molar-refractivity contribution in [2.75, 3.05) is 20.2 Å². The van der Waals surface area contributed by atoms with E-state index in [1.165, 1.54) is 0 Å². The van der Waals surface area contributed by atoms with Crippen molar-refractivity contribution in [1.82, 2.24) is 10.1 Å². The van der Waals surface area contributed by atoms with Crippen LogP contribution in [0, 0.1) is 0 Å². The lowest BCUT2D eigenvalue weighted by Gasteiger charge is -2.15. The second-order valence-corrected chi connectivity index (χ2v) is 3.97. The number of hydrogen-bond donors (Lipinski definition) is 0. The van der Waals surface area contributed by atoms with Crippen molar-refractivity contribution in [3.05, 3.63) is 17.5 Å². The number of carbonyl (C=O) groups is 1. The summed E-state index contributed by atoms with van der Waals surface area (Å²) in [6.07, 6.45) is 2.20. The highest BCUT2D eigenvalue weighted by atomic mass is 16.5. The van der Waals surface area contributed by atoms with Gasteiger partial charge in [-0.1, -0.05) is 5.16 Å². The first-order valence-electron chi connectivity index (χ1n) is 5.56. The van der Waals surface area contributed by atoms with E-state index < -0.39 is 5.97 Å². The summed E-state index contributed by atoms with van der Waals surface area (Å²) in [5.41, 5.74) is 0.261. The van der Waals surface area contributed by atoms with E-state index in [2.05, 4.69) is 10.1 Å². The molecule has 0 unspecified atom stereocenters. The van der Waals surface area contributed by atoms with Crippen molar-refractivity contribution in [1.29, 1.82) is 0 Å². The molecule has 1 atom stereocenters. The Bertz CT molecular complexity index is 375. The Labute approximate surface area is 94.3 Å². The Morgan fingerprint density at radius 3 is 3.19 bits per heavy atom. The molecular weight excluding hydrogens is 208 g/mol. The van der Waals surface area contributed by atoms with E-state index in [0.717, 1.165) is 25.1 Å². The minimum absolute atomic E-state index is 0.246. The van der Waals surface area contributed by atoms with E-state index in [0.29, 0.717) is 6.61 Å². The van der Waals surface area contributed by atoms with Crippen molar-refractivity contribution in [2.24, 2.45) is 0 Å². The van der Waals surface area contributed by atoms with Crippen LogP contribution >= 0.6 is 0 Å². The standard InChI is InChI=1S/C11H16N2O3/c1-3-15-11(14)8-7-10(16-12-8)9-5-4-6-13(9)2/h7,9H,3-6H2,1-2H3/t9-/m0/s1. The Morgan fingerprint density at radius 1 is 1.75 bits per heavy atom. The number of likely N-dealkylation sites (tertiary alicyclic amines) is 1. The van der Waals surface area contributed by atoms with E-state index in [1.54, 1.807) is 13.0 Å². The third kappa shape index (κ3) is 2.09. The molecule has 2 heterocycles. The first-order valence-corrected chi connectivity index (χ1v) is 5.56. The molecule has 1 saturated heterocycles. The molecule has 1 aliphatic heterocycles. The van der Waals surface area contributed by atoms with E-state index >= 15 is 0 Å². The summed E-state index contributed by atoms with van der Waals surface area (Å²) in [6.45, 7) is 3.17. The molecule has 0 aliphatic carbocycles. The molecular formula is C11H16N2O3. The first kappa shape index (κ1) is 11.1. The van der Waals surface area contributed by atoms with Gasteiger partial charge in [0.05, 0.1) is 12.6 Å². The highest BCUT2D eigenvalue weighted by Crippen LogP contribution is 2.30. The van der Waals surface area contributed by atoms with Gasteiger partial charge in [0.2, 0.25) is 0 Å². The lowest BCUT2D eigenvalue weighted by atomic mass is 10.1. The second-order valence-electron chi connectivity index (χ2n) is 3.97. The fraction of sp³-hybridized carbons (Fsp3) is 0.636. The van der Waals surface area contributed by atoms with Crippen LogP contribution in [0.5, 0.6) is 0 Å². The number of ether oxygens (including phenoxy) is 1. The van der Waals surface area contributed by atoms with Crippen molar-refractivity contribution in [3.63, 3.8) is 0 Å². The number of esters is 1. The van der Waals surface area contributed by atoms with Crippen LogP contribution < -0.4 is 0 Å². The van der Waals surface area contributed by atoms with Crippen molar-refractivity contribution >= 4 is 5.97 Å². The maximum Gasteiger partial charge on any atom is 0.360 e. The molecule has 0 saturated carbocycles. The van der Waals surface area contributed by atoms with Gasteiger partial charge in [-0.2, -0.15) is 0 Å². The molecule has 0 spiro atoms. The zero-order valence-corrected chi connectivity index (χ0v) is 9.60. The van der Waals surface area contributed by atoms with Gasteiger partial charge in [-0.15, -0.1) is 0 Å².